The number of hydrogen-bond donors (Lipinski definition) is 1. The predicted octanol–water partition coefficient (Wildman–Crippen LogP) is 6.07. The predicted molar refractivity (Wildman–Crippen MR) is 161 cm³/mol. The molecule has 0 aliphatic carbocycles. The summed E-state index contributed by atoms with van der Waals surface area (Å²) in [6.45, 7) is 1.68. The highest BCUT2D eigenvalue weighted by molar-refractivity contribution is 9.10. The first kappa shape index (κ1) is 27.0. The number of rotatable bonds is 5. The van der Waals surface area contributed by atoms with Gasteiger partial charge in [-0.05, 0) is 60.5 Å². The van der Waals surface area contributed by atoms with Gasteiger partial charge in [-0.3, -0.25) is 23.7 Å². The van der Waals surface area contributed by atoms with Crippen LogP contribution in [0.25, 0.3) is 0 Å². The van der Waals surface area contributed by atoms with Gasteiger partial charge in [-0.15, -0.1) is 0 Å². The first-order valence-electron chi connectivity index (χ1n) is 12.4. The Hall–Kier alpha value is -3.18. The monoisotopic (exact) mass is 653 g/mol. The maximum atomic E-state index is 13.9. The highest BCUT2D eigenvalue weighted by Gasteiger charge is 2.56. The molecule has 11 heteroatoms. The van der Waals surface area contributed by atoms with E-state index in [2.05, 4.69) is 21.2 Å². The Kier molecular flexibility index (Phi) is 7.20. The van der Waals surface area contributed by atoms with Gasteiger partial charge in [0.15, 0.2) is 0 Å². The Morgan fingerprint density at radius 3 is 2.38 bits per heavy atom. The minimum Gasteiger partial charge on any atom is -0.324 e. The number of para-hydroxylation sites is 1. The Morgan fingerprint density at radius 2 is 1.68 bits per heavy atom. The summed E-state index contributed by atoms with van der Waals surface area (Å²) in [4.78, 5) is 55.6. The number of carbonyl (C=O) groups is 3. The Morgan fingerprint density at radius 1 is 0.975 bits per heavy atom. The lowest BCUT2D eigenvalue weighted by Crippen LogP contribution is -2.33. The van der Waals surface area contributed by atoms with Gasteiger partial charge in [0.05, 0.1) is 16.6 Å². The number of aryl methyl sites for hydroxylation is 1. The Bertz CT molecular complexity index is 1720. The van der Waals surface area contributed by atoms with Crippen LogP contribution in [0.5, 0.6) is 0 Å². The smallest absolute Gasteiger partial charge is 0.308 e. The van der Waals surface area contributed by atoms with Crippen molar-refractivity contribution in [1.29, 1.82) is 0 Å². The van der Waals surface area contributed by atoms with Gasteiger partial charge < -0.3 is 5.32 Å². The molecular formula is C29H21BrClN3O4S2. The van der Waals surface area contributed by atoms with Gasteiger partial charge in [-0.1, -0.05) is 81.0 Å². The van der Waals surface area contributed by atoms with Crippen molar-refractivity contribution in [2.75, 3.05) is 10.2 Å². The fourth-order valence-corrected chi connectivity index (χ4v) is 8.34. The number of thioether (sulfide) groups is 1. The lowest BCUT2D eigenvalue weighted by Gasteiger charge is -2.30. The summed E-state index contributed by atoms with van der Waals surface area (Å²) in [6, 6.07) is 21.5. The average molecular weight is 655 g/mol. The summed E-state index contributed by atoms with van der Waals surface area (Å²) in [5.41, 5.74) is 2.83. The summed E-state index contributed by atoms with van der Waals surface area (Å²) >= 11 is 11.8. The van der Waals surface area contributed by atoms with E-state index in [0.717, 1.165) is 26.9 Å². The number of aromatic nitrogens is 1. The Balaban J connectivity index is 1.41. The maximum Gasteiger partial charge on any atom is 0.308 e. The third kappa shape index (κ3) is 4.72. The third-order valence-electron chi connectivity index (χ3n) is 7.08. The number of benzene rings is 3. The molecule has 1 fully saturated rings. The zero-order valence-corrected chi connectivity index (χ0v) is 24.9. The lowest BCUT2D eigenvalue weighted by molar-refractivity contribution is -0.122. The molecule has 4 aromatic rings. The molecule has 3 heterocycles. The SMILES string of the molecule is Cc1ccccc1NC(=O)Cn1c2c(sc1=O)[C@@H](c1ccc(Cl)cc1)[C@@H]1C(=O)N(c3ccc(Br)cc3)C(=O)[C@@H]1S2. The lowest BCUT2D eigenvalue weighted by atomic mass is 9.83. The normalized spacial score (nSPS) is 19.9. The minimum atomic E-state index is -0.760. The second-order valence-corrected chi connectivity index (χ2v) is 13.0. The first-order valence-corrected chi connectivity index (χ1v) is 15.2. The van der Waals surface area contributed by atoms with Crippen LogP contribution in [0.4, 0.5) is 11.4 Å². The molecule has 3 aromatic carbocycles. The topological polar surface area (TPSA) is 88.5 Å². The van der Waals surface area contributed by atoms with Crippen LogP contribution in [-0.2, 0) is 20.9 Å². The molecule has 2 aliphatic heterocycles. The van der Waals surface area contributed by atoms with Crippen LogP contribution in [-0.4, -0.2) is 27.5 Å². The molecular weight excluding hydrogens is 634 g/mol. The molecule has 1 N–H and O–H groups in total. The van der Waals surface area contributed by atoms with E-state index in [9.17, 15) is 19.2 Å². The van der Waals surface area contributed by atoms with Gasteiger partial charge in [0, 0.05) is 26.0 Å². The number of thiazole rings is 1. The van der Waals surface area contributed by atoms with Gasteiger partial charge >= 0.3 is 4.87 Å². The average Bonchev–Trinajstić information content (AvgIpc) is 3.37. The minimum absolute atomic E-state index is 0.213. The molecule has 202 valence electrons. The van der Waals surface area contributed by atoms with E-state index in [4.69, 9.17) is 11.6 Å². The summed E-state index contributed by atoms with van der Waals surface area (Å²) in [7, 11) is 0. The van der Waals surface area contributed by atoms with Crippen LogP contribution in [0.1, 0.15) is 21.9 Å². The van der Waals surface area contributed by atoms with E-state index in [-0.39, 0.29) is 29.1 Å². The zero-order chi connectivity index (χ0) is 28.1. The van der Waals surface area contributed by atoms with Crippen molar-refractivity contribution in [3.05, 3.63) is 108 Å². The second-order valence-electron chi connectivity index (χ2n) is 9.57. The molecule has 1 aromatic heterocycles. The third-order valence-corrected chi connectivity index (χ3v) is 10.5. The van der Waals surface area contributed by atoms with Crippen LogP contribution in [0, 0.1) is 12.8 Å². The van der Waals surface area contributed by atoms with Crippen molar-refractivity contribution in [2.45, 2.75) is 29.7 Å². The molecule has 3 atom stereocenters. The van der Waals surface area contributed by atoms with Crippen LogP contribution in [0.2, 0.25) is 5.02 Å². The molecule has 3 amide bonds. The number of imide groups is 1. The fourth-order valence-electron chi connectivity index (χ4n) is 5.18. The number of hydrogen-bond acceptors (Lipinski definition) is 6. The van der Waals surface area contributed by atoms with Crippen molar-refractivity contribution >= 4 is 79.7 Å². The van der Waals surface area contributed by atoms with Crippen LogP contribution >= 0.6 is 50.6 Å². The molecule has 0 radical (unpaired) electrons. The quantitative estimate of drug-likeness (QED) is 0.264. The number of anilines is 2. The van der Waals surface area contributed by atoms with Crippen LogP contribution in [0.15, 0.2) is 87.1 Å². The van der Waals surface area contributed by atoms with E-state index in [0.29, 0.717) is 26.3 Å². The van der Waals surface area contributed by atoms with Crippen molar-refractivity contribution in [3.8, 4) is 0 Å². The summed E-state index contributed by atoms with van der Waals surface area (Å²) < 4.78 is 2.24. The molecule has 0 saturated carbocycles. The molecule has 40 heavy (non-hydrogen) atoms. The van der Waals surface area contributed by atoms with E-state index < -0.39 is 17.1 Å². The molecule has 2 aliphatic rings. The molecule has 1 saturated heterocycles. The first-order chi connectivity index (χ1) is 19.2. The number of amides is 3. The fraction of sp³-hybridized carbons (Fsp3) is 0.172. The summed E-state index contributed by atoms with van der Waals surface area (Å²) in [5.74, 6) is -2.29. The molecule has 7 nitrogen and oxygen atoms in total. The largest absolute Gasteiger partial charge is 0.324 e. The number of carbonyl (C=O) groups excluding carboxylic acids is 3. The standard InChI is InChI=1S/C29H21BrClN3O4S2/c1-15-4-2-3-5-20(15)32-21(35)14-33-28-25(40-29(33)38)22(16-6-10-18(31)11-7-16)23-24(39-28)27(37)34(26(23)36)19-12-8-17(30)9-13-19/h2-13,22-24H,14H2,1H3,(H,32,35)/t22-,23-,24+/m0/s1. The molecule has 6 rings (SSSR count). The van der Waals surface area contributed by atoms with Gasteiger partial charge in [-0.25, -0.2) is 4.90 Å². The van der Waals surface area contributed by atoms with E-state index in [1.807, 2.05) is 37.3 Å². The van der Waals surface area contributed by atoms with Gasteiger partial charge in [0.2, 0.25) is 17.7 Å². The number of halogens is 2. The Labute approximate surface area is 251 Å². The van der Waals surface area contributed by atoms with Crippen molar-refractivity contribution in [3.63, 3.8) is 0 Å². The van der Waals surface area contributed by atoms with Crippen molar-refractivity contribution < 1.29 is 14.4 Å². The maximum absolute atomic E-state index is 13.9. The number of fused-ring (bicyclic) bond motifs is 2. The van der Waals surface area contributed by atoms with Crippen molar-refractivity contribution in [2.24, 2.45) is 5.92 Å². The summed E-state index contributed by atoms with van der Waals surface area (Å²) in [6.07, 6.45) is 0. The number of nitrogens with zero attached hydrogens (tertiary/aromatic N) is 2. The zero-order valence-electron chi connectivity index (χ0n) is 21.0. The van der Waals surface area contributed by atoms with E-state index in [1.165, 1.54) is 21.2 Å². The molecule has 0 bridgehead atoms. The molecule has 0 unspecified atom stereocenters. The van der Waals surface area contributed by atoms with Gasteiger partial charge in [0.1, 0.15) is 11.8 Å². The highest BCUT2D eigenvalue weighted by Crippen LogP contribution is 2.54. The van der Waals surface area contributed by atoms with Gasteiger partial charge in [0.25, 0.3) is 0 Å². The van der Waals surface area contributed by atoms with Crippen LogP contribution < -0.4 is 15.1 Å². The second kappa shape index (κ2) is 10.7. The van der Waals surface area contributed by atoms with E-state index >= 15 is 0 Å². The molecule has 0 spiro atoms. The highest BCUT2D eigenvalue weighted by atomic mass is 79.9. The van der Waals surface area contributed by atoms with Crippen LogP contribution in [0.3, 0.4) is 0 Å². The van der Waals surface area contributed by atoms with E-state index in [1.54, 1.807) is 42.5 Å². The van der Waals surface area contributed by atoms with Crippen molar-refractivity contribution in [1.82, 2.24) is 4.57 Å². The number of nitrogens with one attached hydrogen (secondary N) is 1. The summed E-state index contributed by atoms with van der Waals surface area (Å²) in [5, 5.41) is 3.19. The van der Waals surface area contributed by atoms with Gasteiger partial charge in [-0.2, -0.15) is 0 Å².